The maximum absolute atomic E-state index is 11.5. The van der Waals surface area contributed by atoms with Gasteiger partial charge in [-0.25, -0.2) is 0 Å². The fourth-order valence-electron chi connectivity index (χ4n) is 1.31. The van der Waals surface area contributed by atoms with E-state index in [1.165, 1.54) is 0 Å². The van der Waals surface area contributed by atoms with Crippen LogP contribution < -0.4 is 5.32 Å². The molecule has 1 atom stereocenters. The molecule has 0 aliphatic rings. The molecular formula is C12H15NO3. The highest BCUT2D eigenvalue weighted by molar-refractivity contribution is 5.82. The number of carbonyl (C=O) groups is 2. The van der Waals surface area contributed by atoms with Gasteiger partial charge in [0.25, 0.3) is 0 Å². The molecule has 16 heavy (non-hydrogen) atoms. The van der Waals surface area contributed by atoms with Crippen LogP contribution in [0.2, 0.25) is 0 Å². The Labute approximate surface area is 94.3 Å². The zero-order valence-electron chi connectivity index (χ0n) is 9.14. The topological polar surface area (TPSA) is 66.4 Å². The van der Waals surface area contributed by atoms with Crippen LogP contribution in [0.15, 0.2) is 30.3 Å². The Morgan fingerprint density at radius 2 is 1.94 bits per heavy atom. The molecule has 0 unspecified atom stereocenters. The number of amides is 1. The summed E-state index contributed by atoms with van der Waals surface area (Å²) >= 11 is 0. The van der Waals surface area contributed by atoms with E-state index in [9.17, 15) is 9.59 Å². The molecule has 0 saturated carbocycles. The van der Waals surface area contributed by atoms with Gasteiger partial charge in [0.05, 0.1) is 6.42 Å². The minimum Gasteiger partial charge on any atom is -0.481 e. The predicted molar refractivity (Wildman–Crippen MR) is 59.7 cm³/mol. The van der Waals surface area contributed by atoms with Crippen LogP contribution in [0.25, 0.3) is 0 Å². The van der Waals surface area contributed by atoms with Gasteiger partial charge in [-0.15, -0.1) is 0 Å². The molecule has 2 N–H and O–H groups in total. The minimum absolute atomic E-state index is 0.138. The summed E-state index contributed by atoms with van der Waals surface area (Å²) in [7, 11) is 0. The van der Waals surface area contributed by atoms with Crippen LogP contribution in [0.4, 0.5) is 0 Å². The second-order valence-electron chi connectivity index (χ2n) is 3.70. The zero-order valence-corrected chi connectivity index (χ0v) is 9.14. The zero-order chi connectivity index (χ0) is 12.0. The average molecular weight is 221 g/mol. The highest BCUT2D eigenvalue weighted by Crippen LogP contribution is 2.03. The van der Waals surface area contributed by atoms with E-state index in [0.717, 1.165) is 5.56 Å². The monoisotopic (exact) mass is 221 g/mol. The van der Waals surface area contributed by atoms with Crippen molar-refractivity contribution >= 4 is 11.9 Å². The lowest BCUT2D eigenvalue weighted by molar-refractivity contribution is -0.140. The third kappa shape index (κ3) is 4.13. The van der Waals surface area contributed by atoms with E-state index >= 15 is 0 Å². The molecule has 0 radical (unpaired) electrons. The third-order valence-electron chi connectivity index (χ3n) is 2.24. The van der Waals surface area contributed by atoms with Crippen molar-refractivity contribution in [3.05, 3.63) is 35.9 Å². The van der Waals surface area contributed by atoms with Gasteiger partial charge in [0.2, 0.25) is 5.91 Å². The SMILES string of the molecule is C[C@@H](CC(=O)O)C(=O)NCc1ccccc1. The number of benzene rings is 1. The largest absolute Gasteiger partial charge is 0.481 e. The van der Waals surface area contributed by atoms with Crippen molar-refractivity contribution in [2.24, 2.45) is 5.92 Å². The first-order chi connectivity index (χ1) is 7.59. The van der Waals surface area contributed by atoms with Crippen LogP contribution in [-0.2, 0) is 16.1 Å². The van der Waals surface area contributed by atoms with Crippen molar-refractivity contribution in [3.63, 3.8) is 0 Å². The molecule has 86 valence electrons. The molecule has 1 aromatic carbocycles. The van der Waals surface area contributed by atoms with Gasteiger partial charge in [-0.1, -0.05) is 37.3 Å². The highest BCUT2D eigenvalue weighted by atomic mass is 16.4. The van der Waals surface area contributed by atoms with Crippen LogP contribution in [0.5, 0.6) is 0 Å². The molecule has 1 rings (SSSR count). The first kappa shape index (κ1) is 12.2. The van der Waals surface area contributed by atoms with Gasteiger partial charge in [0, 0.05) is 12.5 Å². The van der Waals surface area contributed by atoms with E-state index in [2.05, 4.69) is 5.32 Å². The Morgan fingerprint density at radius 1 is 1.31 bits per heavy atom. The van der Waals surface area contributed by atoms with Crippen molar-refractivity contribution in [1.29, 1.82) is 0 Å². The van der Waals surface area contributed by atoms with Crippen molar-refractivity contribution in [2.45, 2.75) is 19.9 Å². The molecule has 0 spiro atoms. The smallest absolute Gasteiger partial charge is 0.304 e. The Hall–Kier alpha value is -1.84. The van der Waals surface area contributed by atoms with Gasteiger partial charge < -0.3 is 10.4 Å². The Balaban J connectivity index is 2.38. The maximum atomic E-state index is 11.5. The van der Waals surface area contributed by atoms with E-state index in [1.807, 2.05) is 30.3 Å². The maximum Gasteiger partial charge on any atom is 0.304 e. The summed E-state index contributed by atoms with van der Waals surface area (Å²) in [5, 5.41) is 11.2. The number of hydrogen-bond donors (Lipinski definition) is 2. The molecular weight excluding hydrogens is 206 g/mol. The lowest BCUT2D eigenvalue weighted by atomic mass is 10.1. The number of carboxylic acid groups (broad SMARTS) is 1. The van der Waals surface area contributed by atoms with Crippen molar-refractivity contribution in [3.8, 4) is 0 Å². The number of carbonyl (C=O) groups excluding carboxylic acids is 1. The number of rotatable bonds is 5. The average Bonchev–Trinajstić information content (AvgIpc) is 2.26. The van der Waals surface area contributed by atoms with E-state index in [0.29, 0.717) is 6.54 Å². The predicted octanol–water partition coefficient (Wildman–Crippen LogP) is 1.41. The summed E-state index contributed by atoms with van der Waals surface area (Å²) in [6, 6.07) is 9.49. The van der Waals surface area contributed by atoms with Gasteiger partial charge in [0.15, 0.2) is 0 Å². The Kier molecular flexibility index (Phi) is 4.51. The van der Waals surface area contributed by atoms with Gasteiger partial charge in [-0.05, 0) is 5.56 Å². The Morgan fingerprint density at radius 3 is 2.50 bits per heavy atom. The van der Waals surface area contributed by atoms with E-state index in [1.54, 1.807) is 6.92 Å². The summed E-state index contributed by atoms with van der Waals surface area (Å²) in [6.45, 7) is 2.04. The minimum atomic E-state index is -0.956. The fourth-order valence-corrected chi connectivity index (χ4v) is 1.31. The molecule has 0 aliphatic carbocycles. The number of hydrogen-bond acceptors (Lipinski definition) is 2. The quantitative estimate of drug-likeness (QED) is 0.790. The molecule has 0 bridgehead atoms. The third-order valence-corrected chi connectivity index (χ3v) is 2.24. The number of carboxylic acids is 1. The van der Waals surface area contributed by atoms with Crippen LogP contribution in [0, 0.1) is 5.92 Å². The molecule has 0 heterocycles. The lowest BCUT2D eigenvalue weighted by Crippen LogP contribution is -2.29. The van der Waals surface area contributed by atoms with Crippen LogP contribution in [0.1, 0.15) is 18.9 Å². The number of aliphatic carboxylic acids is 1. The second kappa shape index (κ2) is 5.90. The molecule has 0 saturated heterocycles. The summed E-state index contributed by atoms with van der Waals surface area (Å²) in [5.74, 6) is -1.69. The van der Waals surface area contributed by atoms with E-state index in [4.69, 9.17) is 5.11 Å². The fraction of sp³-hybridized carbons (Fsp3) is 0.333. The van der Waals surface area contributed by atoms with Crippen molar-refractivity contribution in [2.75, 3.05) is 0 Å². The molecule has 0 aliphatic heterocycles. The summed E-state index contributed by atoms with van der Waals surface area (Å²) in [6.07, 6.45) is -0.138. The molecule has 4 heteroatoms. The molecule has 0 fully saturated rings. The first-order valence-electron chi connectivity index (χ1n) is 5.13. The highest BCUT2D eigenvalue weighted by Gasteiger charge is 2.15. The standard InChI is InChI=1S/C12H15NO3/c1-9(7-11(14)15)12(16)13-8-10-5-3-2-4-6-10/h2-6,9H,7-8H2,1H3,(H,13,16)(H,14,15)/t9-/m0/s1. The van der Waals surface area contributed by atoms with Crippen molar-refractivity contribution < 1.29 is 14.7 Å². The molecule has 4 nitrogen and oxygen atoms in total. The van der Waals surface area contributed by atoms with Crippen LogP contribution >= 0.6 is 0 Å². The molecule has 0 aromatic heterocycles. The van der Waals surface area contributed by atoms with Crippen molar-refractivity contribution in [1.82, 2.24) is 5.32 Å². The van der Waals surface area contributed by atoms with Crippen LogP contribution in [-0.4, -0.2) is 17.0 Å². The lowest BCUT2D eigenvalue weighted by Gasteiger charge is -2.09. The van der Waals surface area contributed by atoms with Gasteiger partial charge in [-0.3, -0.25) is 9.59 Å². The second-order valence-corrected chi connectivity index (χ2v) is 3.70. The van der Waals surface area contributed by atoms with E-state index in [-0.39, 0.29) is 12.3 Å². The van der Waals surface area contributed by atoms with Gasteiger partial charge in [0.1, 0.15) is 0 Å². The number of nitrogens with one attached hydrogen (secondary N) is 1. The van der Waals surface area contributed by atoms with Crippen LogP contribution in [0.3, 0.4) is 0 Å². The Bertz CT molecular complexity index is 362. The summed E-state index contributed by atoms with van der Waals surface area (Å²) in [4.78, 5) is 21.9. The molecule has 1 aromatic rings. The first-order valence-corrected chi connectivity index (χ1v) is 5.13. The van der Waals surface area contributed by atoms with E-state index < -0.39 is 11.9 Å². The van der Waals surface area contributed by atoms with Gasteiger partial charge in [-0.2, -0.15) is 0 Å². The van der Waals surface area contributed by atoms with Gasteiger partial charge >= 0.3 is 5.97 Å². The molecule has 1 amide bonds. The normalized spacial score (nSPS) is 11.8. The summed E-state index contributed by atoms with van der Waals surface area (Å²) < 4.78 is 0. The summed E-state index contributed by atoms with van der Waals surface area (Å²) in [5.41, 5.74) is 0.998.